The average Bonchev–Trinajstić information content (AvgIpc) is 3.16. The summed E-state index contributed by atoms with van der Waals surface area (Å²) >= 11 is 0. The lowest BCUT2D eigenvalue weighted by Crippen LogP contribution is -2.27. The van der Waals surface area contributed by atoms with Crippen molar-refractivity contribution < 1.29 is 36.8 Å². The average molecular weight is 438 g/mol. The molecule has 3 aromatic rings. The van der Waals surface area contributed by atoms with E-state index in [0.29, 0.717) is 17.1 Å². The van der Waals surface area contributed by atoms with E-state index in [-0.39, 0.29) is 5.75 Å². The molecule has 1 amide bonds. The molecule has 0 aliphatic carbocycles. The van der Waals surface area contributed by atoms with Crippen LogP contribution in [0.25, 0.3) is 11.0 Å². The molecule has 31 heavy (non-hydrogen) atoms. The Bertz CT molecular complexity index is 1130. The van der Waals surface area contributed by atoms with Crippen molar-refractivity contribution in [3.05, 3.63) is 63.9 Å². The van der Waals surface area contributed by atoms with E-state index < -0.39 is 40.9 Å². The van der Waals surface area contributed by atoms with E-state index in [0.717, 1.165) is 23.6 Å². The quantitative estimate of drug-likeness (QED) is 0.421. The number of furan rings is 1. The van der Waals surface area contributed by atoms with E-state index in [1.807, 2.05) is 0 Å². The Labute approximate surface area is 173 Å². The van der Waals surface area contributed by atoms with Crippen LogP contribution in [0.15, 0.2) is 46.9 Å². The lowest BCUT2D eigenvalue weighted by atomic mass is 10.1. The molecule has 1 atom stereocenters. The Hall–Kier alpha value is -3.76. The van der Waals surface area contributed by atoms with Gasteiger partial charge in [0.1, 0.15) is 17.1 Å². The number of hydrogen-bond donors (Lipinski definition) is 1. The molecule has 0 radical (unpaired) electrons. The lowest BCUT2D eigenvalue weighted by Gasteiger charge is -2.13. The van der Waals surface area contributed by atoms with Gasteiger partial charge in [0.05, 0.1) is 18.1 Å². The van der Waals surface area contributed by atoms with Gasteiger partial charge in [0.25, 0.3) is 11.6 Å². The normalized spacial score (nSPS) is 12.4. The maximum atomic E-state index is 12.7. The van der Waals surface area contributed by atoms with Crippen LogP contribution in [-0.2, 0) is 0 Å². The highest BCUT2D eigenvalue weighted by atomic mass is 19.4. The molecule has 2 aromatic carbocycles. The van der Waals surface area contributed by atoms with Gasteiger partial charge in [0, 0.05) is 11.5 Å². The smallest absolute Gasteiger partial charge is 0.422 e. The van der Waals surface area contributed by atoms with E-state index in [1.54, 1.807) is 31.2 Å². The van der Waals surface area contributed by atoms with Gasteiger partial charge in [-0.2, -0.15) is 13.2 Å². The van der Waals surface area contributed by atoms with Crippen molar-refractivity contribution in [3.63, 3.8) is 0 Å². The van der Waals surface area contributed by atoms with E-state index in [9.17, 15) is 28.1 Å². The molecule has 11 heteroatoms. The van der Waals surface area contributed by atoms with Gasteiger partial charge >= 0.3 is 6.18 Å². The van der Waals surface area contributed by atoms with Crippen LogP contribution < -0.4 is 14.8 Å². The summed E-state index contributed by atoms with van der Waals surface area (Å²) in [5.74, 6) is -0.342. The van der Waals surface area contributed by atoms with Crippen molar-refractivity contribution in [2.24, 2.45) is 0 Å². The van der Waals surface area contributed by atoms with Crippen LogP contribution in [0.2, 0.25) is 0 Å². The molecule has 1 aromatic heterocycles. The summed E-state index contributed by atoms with van der Waals surface area (Å²) in [6, 6.07) is 9.03. The summed E-state index contributed by atoms with van der Waals surface area (Å²) in [5, 5.41) is 14.5. The Kier molecular flexibility index (Phi) is 6.04. The highest BCUT2D eigenvalue weighted by molar-refractivity contribution is 5.98. The zero-order valence-corrected chi connectivity index (χ0v) is 16.4. The number of fused-ring (bicyclic) bond motifs is 1. The van der Waals surface area contributed by atoms with Crippen LogP contribution in [0, 0.1) is 10.1 Å². The van der Waals surface area contributed by atoms with Gasteiger partial charge in [-0.15, -0.1) is 0 Å². The first-order valence-corrected chi connectivity index (χ1v) is 8.94. The minimum Gasteiger partial charge on any atom is -0.493 e. The summed E-state index contributed by atoms with van der Waals surface area (Å²) in [4.78, 5) is 23.2. The monoisotopic (exact) mass is 438 g/mol. The zero-order chi connectivity index (χ0) is 22.8. The standard InChI is InChI=1S/C20H17F3N2O6/c1-11(17-8-12-4-3-5-16(29-2)18(12)31-17)24-19(26)14-9-13(30-10-20(21,22)23)6-7-15(14)25(27)28/h3-9,11H,10H2,1-2H3,(H,24,26). The Balaban J connectivity index is 1.85. The zero-order valence-electron chi connectivity index (χ0n) is 16.4. The first-order chi connectivity index (χ1) is 14.6. The molecule has 0 saturated heterocycles. The number of nitro groups is 1. The van der Waals surface area contributed by atoms with E-state index in [4.69, 9.17) is 9.15 Å². The number of amides is 1. The molecule has 3 rings (SSSR count). The number of ether oxygens (including phenoxy) is 2. The van der Waals surface area contributed by atoms with Crippen LogP contribution in [-0.4, -0.2) is 30.7 Å². The molecule has 164 valence electrons. The molecule has 0 saturated carbocycles. The Morgan fingerprint density at radius 1 is 1.26 bits per heavy atom. The number of carbonyl (C=O) groups is 1. The summed E-state index contributed by atoms with van der Waals surface area (Å²) in [6.45, 7) is 0.00101. The number of benzene rings is 2. The van der Waals surface area contributed by atoms with Crippen molar-refractivity contribution >= 4 is 22.6 Å². The molecule has 0 aliphatic heterocycles. The van der Waals surface area contributed by atoms with Crippen molar-refractivity contribution in [2.75, 3.05) is 13.7 Å². The summed E-state index contributed by atoms with van der Waals surface area (Å²) in [6.07, 6.45) is -4.60. The van der Waals surface area contributed by atoms with Crippen LogP contribution in [0.4, 0.5) is 18.9 Å². The molecule has 1 heterocycles. The molecule has 1 N–H and O–H groups in total. The van der Waals surface area contributed by atoms with Crippen LogP contribution in [0.3, 0.4) is 0 Å². The lowest BCUT2D eigenvalue weighted by molar-refractivity contribution is -0.385. The van der Waals surface area contributed by atoms with Crippen molar-refractivity contribution in [2.45, 2.75) is 19.1 Å². The summed E-state index contributed by atoms with van der Waals surface area (Å²) in [5.41, 5.74) is -0.546. The first-order valence-electron chi connectivity index (χ1n) is 8.94. The van der Waals surface area contributed by atoms with Gasteiger partial charge < -0.3 is 19.2 Å². The third kappa shape index (κ3) is 5.05. The fraction of sp³-hybridized carbons (Fsp3) is 0.250. The SMILES string of the molecule is COc1cccc2cc(C(C)NC(=O)c3cc(OCC(F)(F)F)ccc3[N+](=O)[O-])oc12. The van der Waals surface area contributed by atoms with E-state index in [2.05, 4.69) is 10.1 Å². The third-order valence-electron chi connectivity index (χ3n) is 4.33. The second-order valence-corrected chi connectivity index (χ2v) is 6.56. The predicted molar refractivity (Wildman–Crippen MR) is 103 cm³/mol. The summed E-state index contributed by atoms with van der Waals surface area (Å²) in [7, 11) is 1.48. The largest absolute Gasteiger partial charge is 0.493 e. The number of halogens is 3. The maximum absolute atomic E-state index is 12.7. The highest BCUT2D eigenvalue weighted by Gasteiger charge is 2.29. The predicted octanol–water partition coefficient (Wildman–Crippen LogP) is 4.78. The van der Waals surface area contributed by atoms with Gasteiger partial charge in [0.15, 0.2) is 17.9 Å². The van der Waals surface area contributed by atoms with Crippen molar-refractivity contribution in [1.82, 2.24) is 5.32 Å². The topological polar surface area (TPSA) is 104 Å². The van der Waals surface area contributed by atoms with Crippen molar-refractivity contribution in [1.29, 1.82) is 0 Å². The number of rotatable bonds is 7. The van der Waals surface area contributed by atoms with E-state index in [1.165, 1.54) is 7.11 Å². The molecule has 0 bridgehead atoms. The molecule has 0 aliphatic rings. The third-order valence-corrected chi connectivity index (χ3v) is 4.33. The number of nitrogens with zero attached hydrogens (tertiary/aromatic N) is 1. The van der Waals surface area contributed by atoms with Gasteiger partial charge in [-0.25, -0.2) is 0 Å². The van der Waals surface area contributed by atoms with Crippen LogP contribution in [0.1, 0.15) is 29.1 Å². The van der Waals surface area contributed by atoms with E-state index >= 15 is 0 Å². The van der Waals surface area contributed by atoms with Gasteiger partial charge in [0.2, 0.25) is 0 Å². The van der Waals surface area contributed by atoms with Crippen molar-refractivity contribution in [3.8, 4) is 11.5 Å². The molecule has 1 unspecified atom stereocenters. The fourth-order valence-electron chi connectivity index (χ4n) is 2.89. The minimum absolute atomic E-state index is 0.325. The Morgan fingerprint density at radius 2 is 2.00 bits per heavy atom. The number of para-hydroxylation sites is 1. The maximum Gasteiger partial charge on any atom is 0.422 e. The first kappa shape index (κ1) is 21.9. The molecule has 0 fully saturated rings. The minimum atomic E-state index is -4.60. The highest BCUT2D eigenvalue weighted by Crippen LogP contribution is 2.31. The van der Waals surface area contributed by atoms with Gasteiger partial charge in [-0.3, -0.25) is 14.9 Å². The van der Waals surface area contributed by atoms with Crippen LogP contribution in [0.5, 0.6) is 11.5 Å². The Morgan fingerprint density at radius 3 is 2.65 bits per heavy atom. The van der Waals surface area contributed by atoms with Crippen LogP contribution >= 0.6 is 0 Å². The second kappa shape index (κ2) is 8.54. The summed E-state index contributed by atoms with van der Waals surface area (Å²) < 4.78 is 52.7. The molecular weight excluding hydrogens is 421 g/mol. The van der Waals surface area contributed by atoms with Gasteiger partial charge in [-0.05, 0) is 31.2 Å². The number of nitro benzene ring substituents is 1. The fourth-order valence-corrected chi connectivity index (χ4v) is 2.89. The number of hydrogen-bond acceptors (Lipinski definition) is 6. The molecule has 0 spiro atoms. The number of alkyl halides is 3. The number of methoxy groups -OCH3 is 1. The molecule has 8 nitrogen and oxygen atoms in total. The number of carbonyl (C=O) groups excluding carboxylic acids is 1. The molecular formula is C20H17F3N2O6. The number of nitrogens with one attached hydrogen (secondary N) is 1. The second-order valence-electron chi connectivity index (χ2n) is 6.56. The van der Waals surface area contributed by atoms with Gasteiger partial charge in [-0.1, -0.05) is 12.1 Å².